The highest BCUT2D eigenvalue weighted by Gasteiger charge is 2.34. The molecule has 0 spiro atoms. The van der Waals surface area contributed by atoms with Crippen LogP contribution in [0, 0.1) is 32.6 Å². The third-order valence-electron chi connectivity index (χ3n) is 7.71. The zero-order valence-corrected chi connectivity index (χ0v) is 20.9. The van der Waals surface area contributed by atoms with Crippen molar-refractivity contribution in [2.75, 3.05) is 13.1 Å². The molecular weight excluding hydrogens is 418 g/mol. The first-order chi connectivity index (χ1) is 15.2. The van der Waals surface area contributed by atoms with E-state index >= 15 is 0 Å². The monoisotopic (exact) mass is 455 g/mol. The lowest BCUT2D eigenvalue weighted by Gasteiger charge is -2.46. The number of rotatable bonds is 6. The van der Waals surface area contributed by atoms with Crippen molar-refractivity contribution in [2.24, 2.45) is 11.8 Å². The zero-order valence-electron chi connectivity index (χ0n) is 20.1. The Bertz CT molecular complexity index is 1030. The fraction of sp³-hybridized carbons (Fsp3) is 0.615. The van der Waals surface area contributed by atoms with Gasteiger partial charge in [-0.1, -0.05) is 13.8 Å². The van der Waals surface area contributed by atoms with Gasteiger partial charge in [0.25, 0.3) is 11.5 Å². The van der Waals surface area contributed by atoms with Crippen molar-refractivity contribution in [2.45, 2.75) is 78.8 Å². The topological polar surface area (TPSA) is 65.2 Å². The molecule has 3 heterocycles. The Balaban J connectivity index is 1.36. The molecule has 1 saturated heterocycles. The van der Waals surface area contributed by atoms with Crippen molar-refractivity contribution in [3.63, 3.8) is 0 Å². The Kier molecular flexibility index (Phi) is 6.91. The minimum absolute atomic E-state index is 0.0906. The van der Waals surface area contributed by atoms with Crippen molar-refractivity contribution in [1.82, 2.24) is 15.2 Å². The molecular formula is C26H37N3O2S. The van der Waals surface area contributed by atoms with E-state index in [9.17, 15) is 9.59 Å². The predicted molar refractivity (Wildman–Crippen MR) is 132 cm³/mol. The van der Waals surface area contributed by atoms with Crippen molar-refractivity contribution >= 4 is 17.2 Å². The van der Waals surface area contributed by atoms with E-state index in [1.165, 1.54) is 43.6 Å². The molecule has 1 aliphatic carbocycles. The molecule has 2 aromatic heterocycles. The van der Waals surface area contributed by atoms with Crippen LogP contribution in [0.2, 0.25) is 0 Å². The van der Waals surface area contributed by atoms with Gasteiger partial charge in [-0.2, -0.15) is 0 Å². The van der Waals surface area contributed by atoms with Gasteiger partial charge in [0.05, 0.1) is 5.56 Å². The number of amides is 1. The lowest BCUT2D eigenvalue weighted by Crippen LogP contribution is -2.52. The van der Waals surface area contributed by atoms with Crippen LogP contribution in [0.3, 0.4) is 0 Å². The van der Waals surface area contributed by atoms with Gasteiger partial charge < -0.3 is 10.3 Å². The summed E-state index contributed by atoms with van der Waals surface area (Å²) in [7, 11) is 0. The number of thiophene rings is 1. The summed E-state index contributed by atoms with van der Waals surface area (Å²) in [5.41, 5.74) is 4.10. The first-order valence-corrected chi connectivity index (χ1v) is 12.9. The van der Waals surface area contributed by atoms with Crippen molar-refractivity contribution in [1.29, 1.82) is 0 Å². The normalized spacial score (nSPS) is 23.0. The number of aromatic nitrogens is 1. The summed E-state index contributed by atoms with van der Waals surface area (Å²) in [5, 5.41) is 4.96. The van der Waals surface area contributed by atoms with E-state index in [4.69, 9.17) is 0 Å². The van der Waals surface area contributed by atoms with Crippen LogP contribution in [-0.4, -0.2) is 34.9 Å². The highest BCUT2D eigenvalue weighted by Crippen LogP contribution is 2.41. The molecule has 2 aromatic rings. The zero-order chi connectivity index (χ0) is 23.0. The van der Waals surface area contributed by atoms with Gasteiger partial charge in [0, 0.05) is 47.2 Å². The van der Waals surface area contributed by atoms with E-state index in [2.05, 4.69) is 36.0 Å². The van der Waals surface area contributed by atoms with Gasteiger partial charge in [0.2, 0.25) is 0 Å². The molecule has 0 unspecified atom stereocenters. The van der Waals surface area contributed by atoms with E-state index in [0.29, 0.717) is 17.4 Å². The molecule has 1 saturated carbocycles. The molecule has 6 heteroatoms. The van der Waals surface area contributed by atoms with Gasteiger partial charge >= 0.3 is 0 Å². The second kappa shape index (κ2) is 9.52. The quantitative estimate of drug-likeness (QED) is 0.651. The third kappa shape index (κ3) is 4.72. The lowest BCUT2D eigenvalue weighted by atomic mass is 9.76. The maximum Gasteiger partial charge on any atom is 0.253 e. The molecule has 0 aromatic carbocycles. The van der Waals surface area contributed by atoms with Gasteiger partial charge in [-0.05, 0) is 81.4 Å². The maximum absolute atomic E-state index is 12.9. The van der Waals surface area contributed by atoms with Gasteiger partial charge in [-0.25, -0.2) is 0 Å². The number of aromatic amines is 1. The summed E-state index contributed by atoms with van der Waals surface area (Å²) < 4.78 is 0. The molecule has 5 nitrogen and oxygen atoms in total. The minimum Gasteiger partial charge on any atom is -0.348 e. The van der Waals surface area contributed by atoms with Crippen LogP contribution in [0.5, 0.6) is 0 Å². The third-order valence-corrected chi connectivity index (χ3v) is 9.00. The predicted octanol–water partition coefficient (Wildman–Crippen LogP) is 4.91. The van der Waals surface area contributed by atoms with Crippen molar-refractivity contribution in [3.05, 3.63) is 54.6 Å². The fourth-order valence-corrected chi connectivity index (χ4v) is 6.92. The average molecular weight is 456 g/mol. The summed E-state index contributed by atoms with van der Waals surface area (Å²) in [6.45, 7) is 13.4. The summed E-state index contributed by atoms with van der Waals surface area (Å²) in [6.07, 6.45) is 5.18. The van der Waals surface area contributed by atoms with Crippen LogP contribution >= 0.6 is 11.3 Å². The number of aryl methyl sites for hydroxylation is 2. The number of carbonyl (C=O) groups is 1. The van der Waals surface area contributed by atoms with E-state index < -0.39 is 0 Å². The Morgan fingerprint density at radius 2 is 1.91 bits per heavy atom. The first-order valence-electron chi connectivity index (χ1n) is 12.0. The number of nitrogens with zero attached hydrogens (tertiary/aromatic N) is 1. The standard InChI is InChI=1S/C26H37N3O2S/c1-15-12-29(13-15)21-8-6-20(7-9-21)18(4)24-19(5)23(14-32-24)25(30)27-11-22-16(2)10-17(3)28-26(22)31/h10,14-15,18,20-21H,6-9,11-13H2,1-5H3,(H,27,30)(H,28,31)/t18-,20-,21-/m0/s1. The Morgan fingerprint density at radius 3 is 2.53 bits per heavy atom. The van der Waals surface area contributed by atoms with E-state index in [0.717, 1.165) is 34.3 Å². The van der Waals surface area contributed by atoms with Gasteiger partial charge in [0.15, 0.2) is 0 Å². The first kappa shape index (κ1) is 23.2. The number of likely N-dealkylation sites (tertiary alicyclic amines) is 1. The highest BCUT2D eigenvalue weighted by atomic mass is 32.1. The largest absolute Gasteiger partial charge is 0.348 e. The number of nitrogens with one attached hydrogen (secondary N) is 2. The van der Waals surface area contributed by atoms with E-state index in [1.54, 1.807) is 11.3 Å². The molecule has 0 radical (unpaired) electrons. The van der Waals surface area contributed by atoms with Crippen LogP contribution in [0.4, 0.5) is 0 Å². The van der Waals surface area contributed by atoms with Crippen LogP contribution in [0.15, 0.2) is 16.2 Å². The molecule has 4 rings (SSSR count). The van der Waals surface area contributed by atoms with Gasteiger partial charge in [-0.3, -0.25) is 14.5 Å². The summed E-state index contributed by atoms with van der Waals surface area (Å²) in [6, 6.07) is 2.73. The van der Waals surface area contributed by atoms with Crippen LogP contribution in [0.1, 0.15) is 83.1 Å². The molecule has 1 atom stereocenters. The molecule has 174 valence electrons. The Morgan fingerprint density at radius 1 is 1.22 bits per heavy atom. The Hall–Kier alpha value is -1.92. The number of hydrogen-bond donors (Lipinski definition) is 2. The van der Waals surface area contributed by atoms with Gasteiger partial charge in [-0.15, -0.1) is 11.3 Å². The van der Waals surface area contributed by atoms with Crippen LogP contribution in [-0.2, 0) is 6.54 Å². The second-order valence-electron chi connectivity index (χ2n) is 10.2. The lowest BCUT2D eigenvalue weighted by molar-refractivity contribution is 0.0339. The highest BCUT2D eigenvalue weighted by molar-refractivity contribution is 7.10. The van der Waals surface area contributed by atoms with Gasteiger partial charge in [0.1, 0.15) is 0 Å². The molecule has 2 fully saturated rings. The maximum atomic E-state index is 12.9. The smallest absolute Gasteiger partial charge is 0.253 e. The summed E-state index contributed by atoms with van der Waals surface area (Å²) >= 11 is 1.72. The summed E-state index contributed by atoms with van der Waals surface area (Å²) in [4.78, 5) is 32.0. The van der Waals surface area contributed by atoms with Crippen molar-refractivity contribution in [3.8, 4) is 0 Å². The Labute approximate surface area is 195 Å². The number of pyridine rings is 1. The van der Waals surface area contributed by atoms with Crippen molar-refractivity contribution < 1.29 is 4.79 Å². The number of hydrogen-bond acceptors (Lipinski definition) is 4. The van der Waals surface area contributed by atoms with E-state index in [1.807, 2.05) is 25.3 Å². The number of carbonyl (C=O) groups excluding carboxylic acids is 1. The van der Waals surface area contributed by atoms with Crippen LogP contribution in [0.25, 0.3) is 0 Å². The minimum atomic E-state index is -0.123. The second-order valence-corrected chi connectivity index (χ2v) is 11.1. The SMILES string of the molecule is Cc1cc(C)c(CNC(=O)c2csc([C@@H](C)[C@H]3CC[C@H](N4CC(C)C4)CC3)c2C)c(=O)[nH]1. The van der Waals surface area contributed by atoms with E-state index in [-0.39, 0.29) is 18.0 Å². The molecule has 2 N–H and O–H groups in total. The summed E-state index contributed by atoms with van der Waals surface area (Å²) in [5.74, 6) is 1.97. The fourth-order valence-electron chi connectivity index (χ4n) is 5.70. The molecule has 0 bridgehead atoms. The molecule has 1 amide bonds. The average Bonchev–Trinajstić information content (AvgIpc) is 3.11. The molecule has 32 heavy (non-hydrogen) atoms. The molecule has 2 aliphatic rings. The molecule has 1 aliphatic heterocycles. The van der Waals surface area contributed by atoms with Crippen LogP contribution < -0.4 is 10.9 Å². The number of H-pyrrole nitrogens is 1.